The molecule has 0 unspecified atom stereocenters. The second kappa shape index (κ2) is 12.1. The van der Waals surface area contributed by atoms with Gasteiger partial charge in [0.15, 0.2) is 5.13 Å². The summed E-state index contributed by atoms with van der Waals surface area (Å²) in [5, 5.41) is 14.5. The van der Waals surface area contributed by atoms with E-state index in [0.717, 1.165) is 5.56 Å². The minimum Gasteiger partial charge on any atom is -0.460 e. The van der Waals surface area contributed by atoms with Gasteiger partial charge in [-0.3, -0.25) is 14.5 Å². The van der Waals surface area contributed by atoms with E-state index in [1.165, 1.54) is 16.2 Å². The first kappa shape index (κ1) is 27.3. The molecular formula is C26H28BrClN2O4S. The lowest BCUT2D eigenvalue weighted by Gasteiger charge is -2.29. The van der Waals surface area contributed by atoms with Crippen molar-refractivity contribution in [2.24, 2.45) is 5.92 Å². The lowest BCUT2D eigenvalue weighted by molar-refractivity contribution is -0.158. The van der Waals surface area contributed by atoms with Crippen LogP contribution in [0.15, 0.2) is 60.0 Å². The number of amides is 1. The molecule has 0 aliphatic rings. The smallest absolute Gasteiger partial charge is 0.307 e. The lowest BCUT2D eigenvalue weighted by atomic mass is 9.91. The van der Waals surface area contributed by atoms with E-state index >= 15 is 0 Å². The Morgan fingerprint density at radius 1 is 1.14 bits per heavy atom. The van der Waals surface area contributed by atoms with Gasteiger partial charge in [0.05, 0.1) is 24.1 Å². The largest absolute Gasteiger partial charge is 0.460 e. The van der Waals surface area contributed by atoms with Gasteiger partial charge in [-0.25, -0.2) is 4.98 Å². The summed E-state index contributed by atoms with van der Waals surface area (Å²) < 4.78 is 5.47. The van der Waals surface area contributed by atoms with E-state index in [4.69, 9.17) is 16.3 Å². The van der Waals surface area contributed by atoms with E-state index in [1.54, 1.807) is 51.1 Å². The average Bonchev–Trinajstić information content (AvgIpc) is 3.29. The maximum Gasteiger partial charge on any atom is 0.307 e. The van der Waals surface area contributed by atoms with Crippen LogP contribution in [-0.4, -0.2) is 39.4 Å². The zero-order chi connectivity index (χ0) is 25.6. The minimum absolute atomic E-state index is 0.270. The quantitative estimate of drug-likeness (QED) is 0.239. The summed E-state index contributed by atoms with van der Waals surface area (Å²) in [6.07, 6.45) is -1.47. The number of thiazole rings is 1. The van der Waals surface area contributed by atoms with Gasteiger partial charge in [0.25, 0.3) is 0 Å². The summed E-state index contributed by atoms with van der Waals surface area (Å²) >= 11 is 11.0. The van der Waals surface area contributed by atoms with E-state index in [9.17, 15) is 14.7 Å². The van der Waals surface area contributed by atoms with Crippen molar-refractivity contribution < 1.29 is 19.4 Å². The maximum absolute atomic E-state index is 13.8. The second-order valence-electron chi connectivity index (χ2n) is 8.93. The van der Waals surface area contributed by atoms with Crippen molar-refractivity contribution in [3.8, 4) is 11.3 Å². The van der Waals surface area contributed by atoms with Crippen LogP contribution in [-0.2, 0) is 14.3 Å². The topological polar surface area (TPSA) is 79.7 Å². The molecule has 0 spiro atoms. The fourth-order valence-electron chi connectivity index (χ4n) is 3.54. The normalized spacial score (nSPS) is 13.2. The molecule has 1 aromatic heterocycles. The number of carbonyl (C=O) groups is 2. The summed E-state index contributed by atoms with van der Waals surface area (Å²) in [6.45, 7) is 5.59. The van der Waals surface area contributed by atoms with Gasteiger partial charge >= 0.3 is 5.97 Å². The highest BCUT2D eigenvalue weighted by molar-refractivity contribution is 9.09. The molecule has 0 bridgehead atoms. The van der Waals surface area contributed by atoms with Crippen LogP contribution in [0.25, 0.3) is 11.3 Å². The molecule has 3 aromatic rings. The summed E-state index contributed by atoms with van der Waals surface area (Å²) in [5.41, 5.74) is 1.24. The van der Waals surface area contributed by atoms with Gasteiger partial charge in [-0.05, 0) is 32.4 Å². The van der Waals surface area contributed by atoms with Gasteiger partial charge in [0.1, 0.15) is 5.60 Å². The molecule has 9 heteroatoms. The summed E-state index contributed by atoms with van der Waals surface area (Å²) in [4.78, 5) is 32.7. The third-order valence-electron chi connectivity index (χ3n) is 5.09. The van der Waals surface area contributed by atoms with E-state index in [-0.39, 0.29) is 6.42 Å². The highest BCUT2D eigenvalue weighted by atomic mass is 79.9. The lowest BCUT2D eigenvalue weighted by Crippen LogP contribution is -2.41. The number of hydrogen-bond acceptors (Lipinski definition) is 6. The Hall–Kier alpha value is -2.26. The first-order valence-corrected chi connectivity index (χ1v) is 13.5. The van der Waals surface area contributed by atoms with Crippen molar-refractivity contribution in [1.29, 1.82) is 0 Å². The fraction of sp³-hybridized carbons (Fsp3) is 0.346. The number of alkyl halides is 1. The van der Waals surface area contributed by atoms with E-state index in [2.05, 4.69) is 20.9 Å². The average molecular weight is 580 g/mol. The Morgan fingerprint density at radius 2 is 1.80 bits per heavy atom. The first-order valence-electron chi connectivity index (χ1n) is 11.1. The number of hydrogen-bond donors (Lipinski definition) is 1. The zero-order valence-electron chi connectivity index (χ0n) is 19.8. The number of nitrogens with zero attached hydrogens (tertiary/aromatic N) is 2. The third kappa shape index (κ3) is 7.36. The van der Waals surface area contributed by atoms with Crippen molar-refractivity contribution in [3.05, 3.63) is 70.6 Å². The Bertz CT molecular complexity index is 1150. The van der Waals surface area contributed by atoms with Crippen LogP contribution in [0.1, 0.15) is 38.9 Å². The number of benzene rings is 2. The third-order valence-corrected chi connectivity index (χ3v) is 6.64. The molecule has 2 aromatic carbocycles. The van der Waals surface area contributed by atoms with E-state index in [1.807, 2.05) is 29.6 Å². The molecule has 35 heavy (non-hydrogen) atoms. The van der Waals surface area contributed by atoms with Crippen molar-refractivity contribution in [2.45, 2.75) is 38.9 Å². The Morgan fingerprint density at radius 3 is 2.43 bits per heavy atom. The molecule has 0 radical (unpaired) electrons. The Labute approximate surface area is 223 Å². The van der Waals surface area contributed by atoms with E-state index < -0.39 is 29.5 Å². The summed E-state index contributed by atoms with van der Waals surface area (Å²) in [5.74, 6) is -2.02. The molecule has 3 rings (SSSR count). The second-order valence-corrected chi connectivity index (χ2v) is 11.0. The van der Waals surface area contributed by atoms with Gasteiger partial charge < -0.3 is 9.84 Å². The highest BCUT2D eigenvalue weighted by Crippen LogP contribution is 2.34. The Balaban J connectivity index is 1.95. The molecule has 0 aliphatic heterocycles. The van der Waals surface area contributed by atoms with Crippen LogP contribution in [0.2, 0.25) is 5.02 Å². The van der Waals surface area contributed by atoms with Gasteiger partial charge in [-0.15, -0.1) is 11.3 Å². The number of halogens is 2. The number of aliphatic hydroxyl groups is 1. The zero-order valence-corrected chi connectivity index (χ0v) is 22.9. The first-order chi connectivity index (χ1) is 16.6. The van der Waals surface area contributed by atoms with Crippen LogP contribution in [0.5, 0.6) is 0 Å². The van der Waals surface area contributed by atoms with Crippen molar-refractivity contribution in [2.75, 3.05) is 16.8 Å². The summed E-state index contributed by atoms with van der Waals surface area (Å²) in [6, 6.07) is 16.2. The molecule has 1 N–H and O–H groups in total. The number of esters is 1. The number of anilines is 1. The van der Waals surface area contributed by atoms with Gasteiger partial charge in [0.2, 0.25) is 5.91 Å². The van der Waals surface area contributed by atoms with Crippen LogP contribution in [0, 0.1) is 5.92 Å². The number of carbonyl (C=O) groups excluding carboxylic acids is 2. The number of ether oxygens (including phenoxy) is 1. The fourth-order valence-corrected chi connectivity index (χ4v) is 4.99. The van der Waals surface area contributed by atoms with Crippen LogP contribution in [0.3, 0.4) is 0 Å². The van der Waals surface area contributed by atoms with Crippen molar-refractivity contribution in [3.63, 3.8) is 0 Å². The highest BCUT2D eigenvalue weighted by Gasteiger charge is 2.36. The maximum atomic E-state index is 13.8. The van der Waals surface area contributed by atoms with Gasteiger partial charge in [-0.2, -0.15) is 0 Å². The van der Waals surface area contributed by atoms with Crippen LogP contribution in [0.4, 0.5) is 5.13 Å². The number of aliphatic hydroxyl groups excluding tert-OH is 1. The molecular weight excluding hydrogens is 552 g/mol. The van der Waals surface area contributed by atoms with E-state index in [0.29, 0.717) is 33.3 Å². The van der Waals surface area contributed by atoms with Gasteiger partial charge in [0, 0.05) is 27.8 Å². The predicted molar refractivity (Wildman–Crippen MR) is 144 cm³/mol. The number of rotatable bonds is 9. The SMILES string of the molecule is CC(C)(C)OC(=O)C[C@H](C(=O)N(CCBr)c1nc(-c2ccccc2Cl)cs1)[C@H](O)c1ccccc1. The monoisotopic (exact) mass is 578 g/mol. The van der Waals surface area contributed by atoms with Crippen LogP contribution >= 0.6 is 38.9 Å². The molecule has 0 saturated carbocycles. The van der Waals surface area contributed by atoms with Crippen molar-refractivity contribution >= 4 is 55.9 Å². The number of aromatic nitrogens is 1. The molecule has 2 atom stereocenters. The Kier molecular flexibility index (Phi) is 9.47. The predicted octanol–water partition coefficient (Wildman–Crippen LogP) is 6.27. The van der Waals surface area contributed by atoms with Gasteiger partial charge in [-0.1, -0.05) is 76.1 Å². The molecule has 0 aliphatic carbocycles. The summed E-state index contributed by atoms with van der Waals surface area (Å²) in [7, 11) is 0. The minimum atomic E-state index is -1.20. The molecule has 1 heterocycles. The standard InChI is InChI=1S/C26H28BrClN2O4S/c1-26(2,3)34-22(31)15-19(23(32)17-9-5-4-6-10-17)24(33)30(14-13-27)25-29-21(16-35-25)18-11-7-8-12-20(18)28/h4-12,16,19,23,32H,13-15H2,1-3H3/t19-,23+/m0/s1. The molecule has 0 saturated heterocycles. The molecule has 0 fully saturated rings. The van der Waals surface area contributed by atoms with Crippen LogP contribution < -0.4 is 4.90 Å². The molecule has 186 valence electrons. The molecule has 6 nitrogen and oxygen atoms in total. The molecule has 1 amide bonds. The van der Waals surface area contributed by atoms with Crippen molar-refractivity contribution in [1.82, 2.24) is 4.98 Å².